The molecule has 0 aromatic carbocycles. The average Bonchev–Trinajstić information content (AvgIpc) is 3.02. The zero-order valence-electron chi connectivity index (χ0n) is 8.56. The van der Waals surface area contributed by atoms with Crippen LogP contribution >= 0.6 is 23.1 Å². The van der Waals surface area contributed by atoms with Gasteiger partial charge in [0.05, 0.1) is 0 Å². The number of hydrogen-bond donors (Lipinski definition) is 0. The van der Waals surface area contributed by atoms with E-state index in [9.17, 15) is 0 Å². The van der Waals surface area contributed by atoms with Crippen LogP contribution in [0, 0.1) is 0 Å². The molecule has 1 atom stereocenters. The average molecular weight is 238 g/mol. The Balaban J connectivity index is 1.65. The van der Waals surface area contributed by atoms with Crippen molar-refractivity contribution < 1.29 is 0 Å². The lowest BCUT2D eigenvalue weighted by atomic mass is 10.1. The molecule has 0 bridgehead atoms. The van der Waals surface area contributed by atoms with E-state index in [1.165, 1.54) is 37.1 Å². The van der Waals surface area contributed by atoms with Gasteiger partial charge in [0.15, 0.2) is 4.34 Å². The second-order valence-corrected chi connectivity index (χ2v) is 6.69. The molecule has 15 heavy (non-hydrogen) atoms. The molecule has 2 aliphatic rings. The third-order valence-electron chi connectivity index (χ3n) is 2.81. The monoisotopic (exact) mass is 238 g/mol. The third-order valence-corrected chi connectivity index (χ3v) is 5.21. The summed E-state index contributed by atoms with van der Waals surface area (Å²) >= 11 is 3.69. The standard InChI is InChI=1S/C11H14N2S2/c1-2-4-9(5-3-1)14-11-13-12-10(15-11)8-6-7-8/h2,4,8-9H,1,3,5-7H2. The van der Waals surface area contributed by atoms with Crippen LogP contribution in [0.3, 0.4) is 0 Å². The lowest BCUT2D eigenvalue weighted by molar-refractivity contribution is 0.740. The van der Waals surface area contributed by atoms with E-state index >= 15 is 0 Å². The minimum Gasteiger partial charge on any atom is -0.142 e. The second kappa shape index (κ2) is 4.26. The van der Waals surface area contributed by atoms with Gasteiger partial charge in [-0.15, -0.1) is 10.2 Å². The quantitative estimate of drug-likeness (QED) is 0.752. The summed E-state index contributed by atoms with van der Waals surface area (Å²) < 4.78 is 1.16. The van der Waals surface area contributed by atoms with Crippen molar-refractivity contribution in [2.24, 2.45) is 0 Å². The van der Waals surface area contributed by atoms with Gasteiger partial charge in [-0.1, -0.05) is 35.3 Å². The Labute approximate surface area is 98.2 Å². The second-order valence-electron chi connectivity index (χ2n) is 4.20. The molecular weight excluding hydrogens is 224 g/mol. The minimum absolute atomic E-state index is 0.638. The predicted octanol–water partition coefficient (Wildman–Crippen LogP) is 3.62. The van der Waals surface area contributed by atoms with E-state index in [-0.39, 0.29) is 0 Å². The molecule has 1 aromatic rings. The predicted molar refractivity (Wildman–Crippen MR) is 64.5 cm³/mol. The number of aromatic nitrogens is 2. The lowest BCUT2D eigenvalue weighted by Crippen LogP contribution is -2.01. The molecule has 0 saturated heterocycles. The largest absolute Gasteiger partial charge is 0.174 e. The summed E-state index contributed by atoms with van der Waals surface area (Å²) in [5.41, 5.74) is 0. The molecule has 1 unspecified atom stereocenters. The highest BCUT2D eigenvalue weighted by Gasteiger charge is 2.27. The maximum Gasteiger partial charge on any atom is 0.174 e. The van der Waals surface area contributed by atoms with Gasteiger partial charge < -0.3 is 0 Å². The van der Waals surface area contributed by atoms with Crippen LogP contribution in [-0.2, 0) is 0 Å². The van der Waals surface area contributed by atoms with E-state index in [0.29, 0.717) is 5.25 Å². The Bertz CT molecular complexity index is 368. The number of rotatable bonds is 3. The van der Waals surface area contributed by atoms with Crippen molar-refractivity contribution in [1.29, 1.82) is 0 Å². The summed E-state index contributed by atoms with van der Waals surface area (Å²) in [6.45, 7) is 0. The highest BCUT2D eigenvalue weighted by atomic mass is 32.2. The molecular formula is C11H14N2S2. The molecule has 4 heteroatoms. The van der Waals surface area contributed by atoms with Gasteiger partial charge in [0.1, 0.15) is 5.01 Å². The van der Waals surface area contributed by atoms with Gasteiger partial charge in [-0.2, -0.15) is 0 Å². The molecule has 2 aliphatic carbocycles. The van der Waals surface area contributed by atoms with Gasteiger partial charge in [-0.05, 0) is 32.1 Å². The Kier molecular flexibility index (Phi) is 2.79. The molecule has 0 radical (unpaired) electrons. The highest BCUT2D eigenvalue weighted by Crippen LogP contribution is 2.43. The van der Waals surface area contributed by atoms with Crippen molar-refractivity contribution in [2.75, 3.05) is 0 Å². The van der Waals surface area contributed by atoms with E-state index in [1.807, 2.05) is 11.8 Å². The fraction of sp³-hybridized carbons (Fsp3) is 0.636. The first-order chi connectivity index (χ1) is 7.42. The van der Waals surface area contributed by atoms with Crippen molar-refractivity contribution >= 4 is 23.1 Å². The van der Waals surface area contributed by atoms with E-state index in [4.69, 9.17) is 0 Å². The van der Waals surface area contributed by atoms with E-state index in [1.54, 1.807) is 11.3 Å². The SMILES string of the molecule is C1=CC(Sc2nnc(C3CC3)s2)CCC1. The van der Waals surface area contributed by atoms with Gasteiger partial charge in [-0.25, -0.2) is 0 Å². The summed E-state index contributed by atoms with van der Waals surface area (Å²) in [6, 6.07) is 0. The normalized spacial score (nSPS) is 25.7. The molecule has 0 N–H and O–H groups in total. The van der Waals surface area contributed by atoms with Crippen LogP contribution in [0.15, 0.2) is 16.5 Å². The lowest BCUT2D eigenvalue weighted by Gasteiger charge is -2.13. The first-order valence-electron chi connectivity index (χ1n) is 5.58. The van der Waals surface area contributed by atoms with Crippen LogP contribution in [0.25, 0.3) is 0 Å². The van der Waals surface area contributed by atoms with Crippen molar-refractivity contribution in [1.82, 2.24) is 10.2 Å². The summed E-state index contributed by atoms with van der Waals surface area (Å²) in [7, 11) is 0. The minimum atomic E-state index is 0.638. The van der Waals surface area contributed by atoms with Crippen molar-refractivity contribution in [2.45, 2.75) is 47.6 Å². The number of thioether (sulfide) groups is 1. The van der Waals surface area contributed by atoms with Crippen LogP contribution in [0.1, 0.15) is 43.0 Å². The van der Waals surface area contributed by atoms with Crippen LogP contribution < -0.4 is 0 Å². The van der Waals surface area contributed by atoms with Gasteiger partial charge in [0, 0.05) is 11.2 Å². The van der Waals surface area contributed by atoms with E-state index in [0.717, 1.165) is 10.3 Å². The van der Waals surface area contributed by atoms with Gasteiger partial charge >= 0.3 is 0 Å². The summed E-state index contributed by atoms with van der Waals surface area (Å²) in [4.78, 5) is 0. The fourth-order valence-electron chi connectivity index (χ4n) is 1.77. The first-order valence-corrected chi connectivity index (χ1v) is 7.28. The molecule has 1 fully saturated rings. The molecule has 0 spiro atoms. The Morgan fingerprint density at radius 1 is 1.27 bits per heavy atom. The first kappa shape index (κ1) is 9.85. The van der Waals surface area contributed by atoms with Crippen LogP contribution in [0.4, 0.5) is 0 Å². The number of nitrogens with zero attached hydrogens (tertiary/aromatic N) is 2. The van der Waals surface area contributed by atoms with Crippen molar-refractivity contribution in [3.05, 3.63) is 17.2 Å². The van der Waals surface area contributed by atoms with Gasteiger partial charge in [-0.3, -0.25) is 0 Å². The van der Waals surface area contributed by atoms with Crippen molar-refractivity contribution in [3.63, 3.8) is 0 Å². The van der Waals surface area contributed by atoms with Gasteiger partial charge in [0.2, 0.25) is 0 Å². The number of hydrogen-bond acceptors (Lipinski definition) is 4. The molecule has 1 heterocycles. The molecule has 3 rings (SSSR count). The summed E-state index contributed by atoms with van der Waals surface area (Å²) in [5.74, 6) is 0.749. The van der Waals surface area contributed by atoms with Crippen LogP contribution in [0.5, 0.6) is 0 Å². The number of allylic oxidation sites excluding steroid dienone is 1. The summed E-state index contributed by atoms with van der Waals surface area (Å²) in [5, 5.41) is 10.4. The third kappa shape index (κ3) is 2.42. The van der Waals surface area contributed by atoms with Crippen LogP contribution in [-0.4, -0.2) is 15.4 Å². The smallest absolute Gasteiger partial charge is 0.142 e. The van der Waals surface area contributed by atoms with E-state index < -0.39 is 0 Å². The fourth-order valence-corrected chi connectivity index (χ4v) is 4.16. The summed E-state index contributed by atoms with van der Waals surface area (Å²) in [6.07, 6.45) is 11.1. The topological polar surface area (TPSA) is 25.8 Å². The van der Waals surface area contributed by atoms with E-state index in [2.05, 4.69) is 22.3 Å². The maximum absolute atomic E-state index is 4.27. The molecule has 0 aliphatic heterocycles. The van der Waals surface area contributed by atoms with Crippen LogP contribution in [0.2, 0.25) is 0 Å². The molecule has 0 amide bonds. The zero-order chi connectivity index (χ0) is 10.1. The molecule has 1 aromatic heterocycles. The Hall–Kier alpha value is -0.350. The molecule has 80 valence electrons. The molecule has 1 saturated carbocycles. The van der Waals surface area contributed by atoms with Crippen molar-refractivity contribution in [3.8, 4) is 0 Å². The zero-order valence-corrected chi connectivity index (χ0v) is 10.2. The highest BCUT2D eigenvalue weighted by molar-refractivity contribution is 8.01. The Morgan fingerprint density at radius 2 is 2.20 bits per heavy atom. The molecule has 2 nitrogen and oxygen atoms in total. The van der Waals surface area contributed by atoms with Gasteiger partial charge in [0.25, 0.3) is 0 Å². The maximum atomic E-state index is 4.27. The Morgan fingerprint density at radius 3 is 2.93 bits per heavy atom.